The van der Waals surface area contributed by atoms with Crippen molar-refractivity contribution in [3.8, 4) is 6.01 Å². The van der Waals surface area contributed by atoms with Crippen molar-refractivity contribution in [2.24, 2.45) is 4.99 Å². The molecular weight excluding hydrogens is 251 g/mol. The van der Waals surface area contributed by atoms with Crippen LogP contribution in [-0.4, -0.2) is 50.0 Å². The van der Waals surface area contributed by atoms with Crippen molar-refractivity contribution in [1.82, 2.24) is 14.9 Å². The Morgan fingerprint density at radius 1 is 1.53 bits per heavy atom. The van der Waals surface area contributed by atoms with Gasteiger partial charge in [0.15, 0.2) is 11.6 Å². The van der Waals surface area contributed by atoms with Crippen LogP contribution < -0.4 is 4.18 Å². The number of aliphatic imine (C=N–C) groups is 1. The minimum Gasteiger partial charge on any atom is -0.369 e. The fourth-order valence-electron chi connectivity index (χ4n) is 0.779. The van der Waals surface area contributed by atoms with Crippen LogP contribution in [0.4, 0.5) is 10.2 Å². The van der Waals surface area contributed by atoms with Crippen LogP contribution in [0.3, 0.4) is 0 Å². The van der Waals surface area contributed by atoms with Crippen molar-refractivity contribution in [1.29, 1.82) is 0 Å². The molecule has 1 aromatic heterocycles. The van der Waals surface area contributed by atoms with Crippen molar-refractivity contribution in [3.05, 3.63) is 12.0 Å². The maximum Gasteiger partial charge on any atom is 0.335 e. The summed E-state index contributed by atoms with van der Waals surface area (Å²) in [5.74, 6) is -1.07. The summed E-state index contributed by atoms with van der Waals surface area (Å²) in [7, 11) is -0.366. The third kappa shape index (κ3) is 4.72. The highest BCUT2D eigenvalue weighted by Crippen LogP contribution is 2.16. The number of hydrogen-bond donors (Lipinski definition) is 0. The number of aromatic nitrogens is 2. The van der Waals surface area contributed by atoms with Crippen LogP contribution in [0.2, 0.25) is 0 Å². The van der Waals surface area contributed by atoms with E-state index in [2.05, 4.69) is 19.1 Å². The van der Waals surface area contributed by atoms with Gasteiger partial charge in [0.25, 0.3) is 0 Å². The first-order valence-corrected chi connectivity index (χ1v) is 6.22. The predicted molar refractivity (Wildman–Crippen MR) is 59.3 cm³/mol. The molecule has 0 amide bonds. The summed E-state index contributed by atoms with van der Waals surface area (Å²) >= 11 is 0. The standard InChI is InChI=1S/C8H11FN4O3S/c1-13(2)5-11-7-6(9)4-10-8(12-7)16-17(3,14)15/h4-5H,1-3H3/b11-5+. The van der Waals surface area contributed by atoms with Crippen LogP contribution >= 0.6 is 0 Å². The zero-order chi connectivity index (χ0) is 13.1. The van der Waals surface area contributed by atoms with Crippen LogP contribution in [0.1, 0.15) is 0 Å². The summed E-state index contributed by atoms with van der Waals surface area (Å²) in [6.45, 7) is 0. The third-order valence-electron chi connectivity index (χ3n) is 1.34. The molecule has 0 bridgehead atoms. The van der Waals surface area contributed by atoms with Gasteiger partial charge < -0.3 is 9.08 Å². The lowest BCUT2D eigenvalue weighted by molar-refractivity contribution is 0.466. The van der Waals surface area contributed by atoms with Gasteiger partial charge in [-0.2, -0.15) is 18.4 Å². The molecule has 17 heavy (non-hydrogen) atoms. The fourth-order valence-corrected chi connectivity index (χ4v) is 1.13. The molecule has 0 N–H and O–H groups in total. The summed E-state index contributed by atoms with van der Waals surface area (Å²) in [5.41, 5.74) is 0. The van der Waals surface area contributed by atoms with Gasteiger partial charge >= 0.3 is 16.1 Å². The van der Waals surface area contributed by atoms with Crippen LogP contribution in [0, 0.1) is 5.82 Å². The monoisotopic (exact) mass is 262 g/mol. The van der Waals surface area contributed by atoms with Gasteiger partial charge in [-0.1, -0.05) is 0 Å². The van der Waals surface area contributed by atoms with E-state index >= 15 is 0 Å². The van der Waals surface area contributed by atoms with Crippen LogP contribution in [0.5, 0.6) is 6.01 Å². The summed E-state index contributed by atoms with van der Waals surface area (Å²) in [6.07, 6.45) is 2.94. The summed E-state index contributed by atoms with van der Waals surface area (Å²) in [5, 5.41) is 0. The van der Waals surface area contributed by atoms with Gasteiger partial charge in [0.2, 0.25) is 0 Å². The van der Waals surface area contributed by atoms with Crippen molar-refractivity contribution in [3.63, 3.8) is 0 Å². The Morgan fingerprint density at radius 3 is 2.71 bits per heavy atom. The van der Waals surface area contributed by atoms with E-state index in [1.54, 1.807) is 19.0 Å². The first kappa shape index (κ1) is 13.3. The summed E-state index contributed by atoms with van der Waals surface area (Å²) < 4.78 is 39.2. The molecule has 0 saturated heterocycles. The lowest BCUT2D eigenvalue weighted by Gasteiger charge is -2.04. The average Bonchev–Trinajstić information content (AvgIpc) is 2.16. The molecule has 1 aromatic rings. The Kier molecular flexibility index (Phi) is 3.94. The molecule has 0 atom stereocenters. The average molecular weight is 262 g/mol. The maximum atomic E-state index is 13.2. The molecule has 0 aliphatic carbocycles. The highest BCUT2D eigenvalue weighted by molar-refractivity contribution is 7.86. The Balaban J connectivity index is 3.02. The van der Waals surface area contributed by atoms with Gasteiger partial charge in [0.1, 0.15) is 0 Å². The highest BCUT2D eigenvalue weighted by Gasteiger charge is 2.11. The Bertz CT molecular complexity index is 530. The van der Waals surface area contributed by atoms with Crippen LogP contribution in [-0.2, 0) is 10.1 Å². The molecule has 7 nitrogen and oxygen atoms in total. The second kappa shape index (κ2) is 5.04. The van der Waals surface area contributed by atoms with E-state index in [0.717, 1.165) is 12.5 Å². The van der Waals surface area contributed by atoms with Crippen molar-refractivity contribution >= 4 is 22.3 Å². The van der Waals surface area contributed by atoms with Crippen molar-refractivity contribution in [2.75, 3.05) is 20.4 Å². The first-order valence-electron chi connectivity index (χ1n) is 4.40. The molecule has 1 rings (SSSR count). The lowest BCUT2D eigenvalue weighted by Crippen LogP contribution is -2.09. The number of nitrogens with zero attached hydrogens (tertiary/aromatic N) is 4. The van der Waals surface area contributed by atoms with Gasteiger partial charge in [0, 0.05) is 14.1 Å². The molecule has 0 aliphatic heterocycles. The van der Waals surface area contributed by atoms with Gasteiger partial charge in [-0.25, -0.2) is 9.38 Å². The van der Waals surface area contributed by atoms with Crippen molar-refractivity contribution in [2.45, 2.75) is 0 Å². The molecule has 0 unspecified atom stereocenters. The third-order valence-corrected chi connectivity index (χ3v) is 1.79. The zero-order valence-electron chi connectivity index (χ0n) is 9.45. The van der Waals surface area contributed by atoms with E-state index in [0.29, 0.717) is 0 Å². The smallest absolute Gasteiger partial charge is 0.335 e. The van der Waals surface area contributed by atoms with E-state index in [4.69, 9.17) is 0 Å². The molecule has 0 saturated carbocycles. The molecular formula is C8H11FN4O3S. The number of halogens is 1. The van der Waals surface area contributed by atoms with E-state index < -0.39 is 21.9 Å². The normalized spacial score (nSPS) is 11.8. The molecule has 0 aliphatic rings. The number of hydrogen-bond acceptors (Lipinski definition) is 6. The quantitative estimate of drug-likeness (QED) is 0.437. The van der Waals surface area contributed by atoms with Gasteiger partial charge in [0.05, 0.1) is 18.8 Å². The molecule has 0 aromatic carbocycles. The van der Waals surface area contributed by atoms with Crippen LogP contribution in [0.25, 0.3) is 0 Å². The van der Waals surface area contributed by atoms with E-state index in [1.807, 2.05) is 0 Å². The zero-order valence-corrected chi connectivity index (χ0v) is 10.3. The molecule has 0 radical (unpaired) electrons. The lowest BCUT2D eigenvalue weighted by atomic mass is 10.5. The first-order chi connectivity index (χ1) is 7.78. The largest absolute Gasteiger partial charge is 0.369 e. The topological polar surface area (TPSA) is 84.8 Å². The van der Waals surface area contributed by atoms with Crippen LogP contribution in [0.15, 0.2) is 11.2 Å². The molecule has 0 fully saturated rings. The van der Waals surface area contributed by atoms with E-state index in [1.165, 1.54) is 6.34 Å². The van der Waals surface area contributed by atoms with Crippen molar-refractivity contribution < 1.29 is 17.0 Å². The second-order valence-corrected chi connectivity index (χ2v) is 4.89. The van der Waals surface area contributed by atoms with E-state index in [-0.39, 0.29) is 5.82 Å². The molecule has 9 heteroatoms. The van der Waals surface area contributed by atoms with Gasteiger partial charge in [-0.05, 0) is 0 Å². The Hall–Kier alpha value is -1.77. The summed E-state index contributed by atoms with van der Waals surface area (Å²) in [6, 6.07) is -0.472. The van der Waals surface area contributed by atoms with Gasteiger partial charge in [-0.3, -0.25) is 0 Å². The maximum absolute atomic E-state index is 13.2. The number of rotatable bonds is 4. The Morgan fingerprint density at radius 2 is 2.18 bits per heavy atom. The molecule has 94 valence electrons. The summed E-state index contributed by atoms with van der Waals surface area (Å²) in [4.78, 5) is 12.2. The molecule has 0 spiro atoms. The molecule has 1 heterocycles. The Labute approximate surface area is 98.1 Å². The second-order valence-electron chi connectivity index (χ2n) is 3.32. The SMILES string of the molecule is CN(C)/C=N/c1nc(OS(C)(=O)=O)ncc1F. The van der Waals surface area contributed by atoms with Gasteiger partial charge in [-0.15, -0.1) is 0 Å². The minimum atomic E-state index is -3.75. The highest BCUT2D eigenvalue weighted by atomic mass is 32.2. The van der Waals surface area contributed by atoms with E-state index in [9.17, 15) is 12.8 Å². The predicted octanol–water partition coefficient (Wildman–Crippen LogP) is 0.175. The fraction of sp³-hybridized carbons (Fsp3) is 0.375. The minimum absolute atomic E-state index is 0.299.